The molecule has 2 aliphatic heterocycles. The first-order valence-corrected chi connectivity index (χ1v) is 11.4. The number of rotatable bonds is 4. The molecule has 0 spiro atoms. The van der Waals surface area contributed by atoms with Gasteiger partial charge in [-0.3, -0.25) is 9.61 Å². The van der Waals surface area contributed by atoms with Gasteiger partial charge in [0.25, 0.3) is 0 Å². The number of anilines is 1. The Morgan fingerprint density at radius 1 is 0.667 bits per heavy atom. The van der Waals surface area contributed by atoms with Gasteiger partial charge in [0.15, 0.2) is 0 Å². The third kappa shape index (κ3) is 4.26. The Balaban J connectivity index is 1.66. The predicted octanol–water partition coefficient (Wildman–Crippen LogP) is 4.22. The molecule has 0 aliphatic carbocycles. The zero-order valence-electron chi connectivity index (χ0n) is 20.8. The maximum Gasteiger partial charge on any atom is 0.601 e. The van der Waals surface area contributed by atoms with Crippen LogP contribution in [0.3, 0.4) is 0 Å². The van der Waals surface area contributed by atoms with E-state index in [-0.39, 0.29) is 5.91 Å². The second-order valence-electron chi connectivity index (χ2n) is 10.8. The summed E-state index contributed by atoms with van der Waals surface area (Å²) in [4.78, 5) is 15.2. The van der Waals surface area contributed by atoms with E-state index < -0.39 is 36.8 Å². The first-order chi connectivity index (χ1) is 15.2. The van der Waals surface area contributed by atoms with Gasteiger partial charge in [0.05, 0.1) is 22.4 Å². The van der Waals surface area contributed by atoms with Gasteiger partial charge in [0.2, 0.25) is 5.91 Å². The molecule has 0 saturated carbocycles. The number of nitrogens with zero attached hydrogens (tertiary/aromatic N) is 1. The third-order valence-corrected chi connectivity index (χ3v) is 7.39. The van der Waals surface area contributed by atoms with E-state index in [4.69, 9.17) is 18.6 Å². The van der Waals surface area contributed by atoms with E-state index in [2.05, 4.69) is 0 Å². The molecule has 2 aromatic carbocycles. The molecule has 1 amide bonds. The van der Waals surface area contributed by atoms with Crippen molar-refractivity contribution in [2.75, 3.05) is 4.81 Å². The van der Waals surface area contributed by atoms with Crippen LogP contribution in [-0.4, -0.2) is 42.7 Å². The highest BCUT2D eigenvalue weighted by molar-refractivity contribution is 6.62. The molecule has 0 atom stereocenters. The van der Waals surface area contributed by atoms with Crippen LogP contribution in [0.5, 0.6) is 0 Å². The molecule has 2 heterocycles. The van der Waals surface area contributed by atoms with E-state index >= 15 is 0 Å². The molecular formula is C25H33B2NO5. The van der Waals surface area contributed by atoms with Gasteiger partial charge in [-0.2, -0.15) is 0 Å². The Morgan fingerprint density at radius 3 is 1.61 bits per heavy atom. The molecule has 0 radical (unpaired) electrons. The van der Waals surface area contributed by atoms with Crippen molar-refractivity contribution in [3.8, 4) is 0 Å². The van der Waals surface area contributed by atoms with Gasteiger partial charge in [-0.15, -0.1) is 0 Å². The summed E-state index contributed by atoms with van der Waals surface area (Å²) < 4.78 is 24.8. The van der Waals surface area contributed by atoms with Crippen molar-refractivity contribution in [2.45, 2.75) is 77.8 Å². The Hall–Kier alpha value is -2.12. The molecule has 33 heavy (non-hydrogen) atoms. The van der Waals surface area contributed by atoms with Gasteiger partial charge in [-0.05, 0) is 85.1 Å². The molecule has 0 unspecified atom stereocenters. The third-order valence-electron chi connectivity index (χ3n) is 7.39. The molecular weight excluding hydrogens is 416 g/mol. The topological polar surface area (TPSA) is 57.2 Å². The smallest absolute Gasteiger partial charge is 0.399 e. The summed E-state index contributed by atoms with van der Waals surface area (Å²) in [6, 6.07) is 16.8. The highest BCUT2D eigenvalue weighted by Crippen LogP contribution is 2.39. The molecule has 174 valence electrons. The minimum absolute atomic E-state index is 0.197. The lowest BCUT2D eigenvalue weighted by molar-refractivity contribution is 0.00578. The van der Waals surface area contributed by atoms with Crippen LogP contribution in [0.4, 0.5) is 5.69 Å². The fraction of sp³-hybridized carbons (Fsp3) is 0.480. The molecule has 8 heteroatoms. The fourth-order valence-electron chi connectivity index (χ4n) is 3.74. The van der Waals surface area contributed by atoms with Crippen LogP contribution < -0.4 is 10.3 Å². The van der Waals surface area contributed by atoms with Crippen molar-refractivity contribution >= 4 is 31.4 Å². The standard InChI is InChI=1S/C25H33B2NO5/c1-22(2)23(3,4)31-26(30-22)19-14-16-20(17-15-19)28(21(29)18-12-10-9-11-13-18)27-32-24(5,6)25(7,8)33-27/h9-17H,1-8H3. The minimum Gasteiger partial charge on any atom is -0.399 e. The van der Waals surface area contributed by atoms with E-state index in [1.165, 1.54) is 0 Å². The van der Waals surface area contributed by atoms with Crippen LogP contribution in [0, 0.1) is 0 Å². The molecule has 6 nitrogen and oxygen atoms in total. The zero-order chi connectivity index (χ0) is 24.2. The lowest BCUT2D eigenvalue weighted by Gasteiger charge is -2.32. The number of amides is 1. The van der Waals surface area contributed by atoms with Crippen molar-refractivity contribution in [3.63, 3.8) is 0 Å². The molecule has 0 aromatic heterocycles. The average molecular weight is 449 g/mol. The van der Waals surface area contributed by atoms with E-state index in [1.54, 1.807) is 16.9 Å². The number of hydrogen-bond donors (Lipinski definition) is 0. The molecule has 0 bridgehead atoms. The highest BCUT2D eigenvalue weighted by Gasteiger charge is 2.56. The Kier molecular flexibility index (Phi) is 5.81. The van der Waals surface area contributed by atoms with Gasteiger partial charge < -0.3 is 18.6 Å². The van der Waals surface area contributed by atoms with Gasteiger partial charge in [-0.25, -0.2) is 0 Å². The Labute approximate surface area is 197 Å². The van der Waals surface area contributed by atoms with Gasteiger partial charge in [0.1, 0.15) is 0 Å². The Bertz CT molecular complexity index is 989. The molecule has 2 aliphatic rings. The average Bonchev–Trinajstić information content (AvgIpc) is 3.08. The summed E-state index contributed by atoms with van der Waals surface area (Å²) in [6.07, 6.45) is 0. The first-order valence-electron chi connectivity index (χ1n) is 11.4. The maximum atomic E-state index is 13.6. The monoisotopic (exact) mass is 449 g/mol. The number of carbonyl (C=O) groups excluding carboxylic acids is 1. The maximum absolute atomic E-state index is 13.6. The molecule has 4 rings (SSSR count). The van der Waals surface area contributed by atoms with Crippen molar-refractivity contribution in [3.05, 3.63) is 60.2 Å². The van der Waals surface area contributed by atoms with Crippen molar-refractivity contribution in [1.29, 1.82) is 0 Å². The van der Waals surface area contributed by atoms with Crippen LogP contribution in [0.2, 0.25) is 0 Å². The molecule has 2 saturated heterocycles. The van der Waals surface area contributed by atoms with Gasteiger partial charge in [0, 0.05) is 11.3 Å². The molecule has 2 aromatic rings. The van der Waals surface area contributed by atoms with Gasteiger partial charge in [-0.1, -0.05) is 30.3 Å². The first kappa shape index (κ1) is 24.0. The van der Waals surface area contributed by atoms with Crippen LogP contribution in [0.1, 0.15) is 65.7 Å². The fourth-order valence-corrected chi connectivity index (χ4v) is 3.74. The van der Waals surface area contributed by atoms with Crippen LogP contribution >= 0.6 is 0 Å². The van der Waals surface area contributed by atoms with Crippen LogP contribution in [0.25, 0.3) is 0 Å². The summed E-state index contributed by atoms with van der Waals surface area (Å²) >= 11 is 0. The van der Waals surface area contributed by atoms with E-state index in [1.807, 2.05) is 97.9 Å². The lowest BCUT2D eigenvalue weighted by Crippen LogP contribution is -2.47. The SMILES string of the molecule is CC1(C)OB(c2ccc(N(B3OC(C)(C)C(C)(C)O3)C(=O)c3ccccc3)cc2)OC1(C)C. The largest absolute Gasteiger partial charge is 0.601 e. The summed E-state index contributed by atoms with van der Waals surface area (Å²) in [5.41, 5.74) is 0.122. The van der Waals surface area contributed by atoms with Crippen molar-refractivity contribution in [1.82, 2.24) is 0 Å². The second-order valence-corrected chi connectivity index (χ2v) is 10.8. The zero-order valence-corrected chi connectivity index (χ0v) is 20.8. The van der Waals surface area contributed by atoms with E-state index in [9.17, 15) is 4.79 Å². The van der Waals surface area contributed by atoms with Crippen molar-refractivity contribution < 1.29 is 23.4 Å². The quantitative estimate of drug-likeness (QED) is 0.655. The summed E-state index contributed by atoms with van der Waals surface area (Å²) in [7, 11) is -1.33. The summed E-state index contributed by atoms with van der Waals surface area (Å²) in [5.74, 6) is -0.197. The summed E-state index contributed by atoms with van der Waals surface area (Å²) in [5, 5.41) is 0. The van der Waals surface area contributed by atoms with Crippen LogP contribution in [-0.2, 0) is 18.6 Å². The number of carbonyl (C=O) groups is 1. The molecule has 2 fully saturated rings. The van der Waals surface area contributed by atoms with Gasteiger partial charge >= 0.3 is 14.4 Å². The lowest BCUT2D eigenvalue weighted by atomic mass is 9.79. The minimum atomic E-state index is -0.856. The second kappa shape index (κ2) is 7.98. The normalized spacial score (nSPS) is 22.4. The summed E-state index contributed by atoms with van der Waals surface area (Å²) in [6.45, 7) is 16.0. The van der Waals surface area contributed by atoms with E-state index in [0.717, 1.165) is 5.46 Å². The Morgan fingerprint density at radius 2 is 1.12 bits per heavy atom. The molecule has 0 N–H and O–H groups in total. The number of benzene rings is 2. The van der Waals surface area contributed by atoms with E-state index in [0.29, 0.717) is 11.3 Å². The van der Waals surface area contributed by atoms with Crippen LogP contribution in [0.15, 0.2) is 54.6 Å². The number of hydrogen-bond acceptors (Lipinski definition) is 5. The van der Waals surface area contributed by atoms with Crippen molar-refractivity contribution in [2.24, 2.45) is 0 Å². The highest BCUT2D eigenvalue weighted by atomic mass is 16.7. The predicted molar refractivity (Wildman–Crippen MR) is 131 cm³/mol.